The quantitative estimate of drug-likeness (QED) is 0.779. The number of nitrogens with zero attached hydrogens (tertiary/aromatic N) is 5. The molecule has 1 N–H and O–H groups in total. The molecule has 7 heteroatoms. The lowest BCUT2D eigenvalue weighted by Crippen LogP contribution is -2.15. The molecule has 0 aliphatic rings. The van der Waals surface area contributed by atoms with E-state index in [0.29, 0.717) is 11.8 Å². The summed E-state index contributed by atoms with van der Waals surface area (Å²) in [6.45, 7) is 6.15. The Labute approximate surface area is 128 Å². The first kappa shape index (κ1) is 14.2. The Balaban J connectivity index is 1.76. The molecule has 0 amide bonds. The molecule has 0 spiro atoms. The van der Waals surface area contributed by atoms with Crippen LogP contribution in [0.25, 0.3) is 11.4 Å². The summed E-state index contributed by atoms with van der Waals surface area (Å²) in [5.41, 5.74) is 0.914. The zero-order chi connectivity index (χ0) is 15.5. The average Bonchev–Trinajstić information content (AvgIpc) is 3.17. The smallest absolute Gasteiger partial charge is 0.322 e. The van der Waals surface area contributed by atoms with Crippen LogP contribution < -0.4 is 5.32 Å². The summed E-state index contributed by atoms with van der Waals surface area (Å²) >= 11 is 0. The molecule has 7 nitrogen and oxygen atoms in total. The highest BCUT2D eigenvalue weighted by Crippen LogP contribution is 2.21. The molecular formula is C15H18N6O. The minimum atomic E-state index is -0.0889. The lowest BCUT2D eigenvalue weighted by atomic mass is 10.2. The molecule has 0 fully saturated rings. The van der Waals surface area contributed by atoms with Gasteiger partial charge in [0.1, 0.15) is 6.33 Å². The van der Waals surface area contributed by atoms with Crippen molar-refractivity contribution >= 4 is 6.01 Å². The van der Waals surface area contributed by atoms with Gasteiger partial charge in [0, 0.05) is 11.6 Å². The first-order valence-electron chi connectivity index (χ1n) is 7.20. The molecule has 3 rings (SSSR count). The number of nitrogens with one attached hydrogen (secondary N) is 1. The molecule has 0 bridgehead atoms. The molecule has 2 heterocycles. The highest BCUT2D eigenvalue weighted by Gasteiger charge is 2.17. The normalized spacial score (nSPS) is 12.5. The summed E-state index contributed by atoms with van der Waals surface area (Å²) in [6, 6.07) is 10.3. The van der Waals surface area contributed by atoms with Gasteiger partial charge in [0.2, 0.25) is 5.82 Å². The van der Waals surface area contributed by atoms with E-state index in [2.05, 4.69) is 39.5 Å². The van der Waals surface area contributed by atoms with Crippen LogP contribution in [0.2, 0.25) is 0 Å². The van der Waals surface area contributed by atoms with Crippen molar-refractivity contribution in [2.45, 2.75) is 32.9 Å². The number of hydrogen-bond acceptors (Lipinski definition) is 6. The largest absolute Gasteiger partial charge is 0.328 e. The van der Waals surface area contributed by atoms with Gasteiger partial charge in [0.15, 0.2) is 5.82 Å². The van der Waals surface area contributed by atoms with Gasteiger partial charge in [-0.2, -0.15) is 4.98 Å². The Bertz CT molecular complexity index is 733. The zero-order valence-corrected chi connectivity index (χ0v) is 12.8. The molecule has 22 heavy (non-hydrogen) atoms. The third kappa shape index (κ3) is 2.83. The van der Waals surface area contributed by atoms with Crippen molar-refractivity contribution < 1.29 is 4.52 Å². The Morgan fingerprint density at radius 2 is 1.91 bits per heavy atom. The fourth-order valence-corrected chi connectivity index (χ4v) is 2.20. The van der Waals surface area contributed by atoms with Crippen LogP contribution in [0.3, 0.4) is 0 Å². The second-order valence-electron chi connectivity index (χ2n) is 5.35. The van der Waals surface area contributed by atoms with Crippen molar-refractivity contribution in [1.82, 2.24) is 24.9 Å². The van der Waals surface area contributed by atoms with E-state index in [0.717, 1.165) is 11.4 Å². The third-order valence-electron chi connectivity index (χ3n) is 3.34. The molecule has 0 unspecified atom stereocenters. The molecule has 0 saturated heterocycles. The van der Waals surface area contributed by atoms with Crippen LogP contribution in [0, 0.1) is 0 Å². The van der Waals surface area contributed by atoms with Gasteiger partial charge in [-0.1, -0.05) is 35.5 Å². The van der Waals surface area contributed by atoms with E-state index < -0.39 is 0 Å². The Hall–Kier alpha value is -2.70. The van der Waals surface area contributed by atoms with Crippen LogP contribution in [0.4, 0.5) is 6.01 Å². The van der Waals surface area contributed by atoms with Gasteiger partial charge in [-0.05, 0) is 20.8 Å². The van der Waals surface area contributed by atoms with Gasteiger partial charge in [-0.25, -0.2) is 0 Å². The van der Waals surface area contributed by atoms with Gasteiger partial charge in [-0.15, -0.1) is 10.2 Å². The predicted molar refractivity (Wildman–Crippen MR) is 82.2 cm³/mol. The van der Waals surface area contributed by atoms with Gasteiger partial charge in [0.05, 0.1) is 6.04 Å². The summed E-state index contributed by atoms with van der Waals surface area (Å²) in [4.78, 5) is 4.36. The number of benzene rings is 1. The standard InChI is InChI=1S/C15H18N6O/c1-10(2)21-9-16-19-14(21)11(3)17-15-18-13(20-22-15)12-7-5-4-6-8-12/h4-11H,1-3H3,(H,17,18,20)/t11-/m0/s1. The minimum Gasteiger partial charge on any atom is -0.328 e. The van der Waals surface area contributed by atoms with E-state index in [1.807, 2.05) is 41.8 Å². The fraction of sp³-hybridized carbons (Fsp3) is 0.333. The first-order valence-corrected chi connectivity index (χ1v) is 7.20. The number of anilines is 1. The summed E-state index contributed by atoms with van der Waals surface area (Å²) in [7, 11) is 0. The van der Waals surface area contributed by atoms with Crippen LogP contribution in [0.1, 0.15) is 38.7 Å². The van der Waals surface area contributed by atoms with Crippen LogP contribution in [-0.2, 0) is 0 Å². The predicted octanol–water partition coefficient (Wildman–Crippen LogP) is 3.08. The summed E-state index contributed by atoms with van der Waals surface area (Å²) in [6.07, 6.45) is 1.72. The molecule has 1 atom stereocenters. The molecular weight excluding hydrogens is 280 g/mol. The number of hydrogen-bond donors (Lipinski definition) is 1. The van der Waals surface area contributed by atoms with E-state index in [-0.39, 0.29) is 12.1 Å². The highest BCUT2D eigenvalue weighted by molar-refractivity contribution is 5.54. The lowest BCUT2D eigenvalue weighted by Gasteiger charge is -2.15. The Kier molecular flexibility index (Phi) is 3.86. The molecule has 2 aromatic heterocycles. The number of rotatable bonds is 5. The molecule has 0 saturated carbocycles. The van der Waals surface area contributed by atoms with E-state index in [4.69, 9.17) is 4.52 Å². The fourth-order valence-electron chi connectivity index (χ4n) is 2.20. The summed E-state index contributed by atoms with van der Waals surface area (Å²) in [5, 5.41) is 15.3. The van der Waals surface area contributed by atoms with E-state index in [9.17, 15) is 0 Å². The summed E-state index contributed by atoms with van der Waals surface area (Å²) in [5.74, 6) is 1.38. The second-order valence-corrected chi connectivity index (χ2v) is 5.35. The number of aromatic nitrogens is 5. The van der Waals surface area contributed by atoms with Crippen molar-refractivity contribution in [2.24, 2.45) is 0 Å². The molecule has 3 aromatic rings. The Morgan fingerprint density at radius 1 is 1.14 bits per heavy atom. The Morgan fingerprint density at radius 3 is 2.64 bits per heavy atom. The van der Waals surface area contributed by atoms with Crippen LogP contribution >= 0.6 is 0 Å². The van der Waals surface area contributed by atoms with Crippen molar-refractivity contribution in [1.29, 1.82) is 0 Å². The minimum absolute atomic E-state index is 0.0889. The highest BCUT2D eigenvalue weighted by atomic mass is 16.5. The molecule has 0 aliphatic heterocycles. The zero-order valence-electron chi connectivity index (χ0n) is 12.8. The molecule has 0 radical (unpaired) electrons. The van der Waals surface area contributed by atoms with Crippen molar-refractivity contribution in [3.63, 3.8) is 0 Å². The van der Waals surface area contributed by atoms with Crippen molar-refractivity contribution in [3.8, 4) is 11.4 Å². The summed E-state index contributed by atoms with van der Waals surface area (Å²) < 4.78 is 7.26. The SMILES string of the molecule is CC(C)n1cnnc1[C@H](C)Nc1nc(-c2ccccc2)no1. The lowest BCUT2D eigenvalue weighted by molar-refractivity contribution is 0.426. The maximum Gasteiger partial charge on any atom is 0.322 e. The first-order chi connectivity index (χ1) is 10.6. The maximum absolute atomic E-state index is 5.26. The van der Waals surface area contributed by atoms with Crippen molar-refractivity contribution in [3.05, 3.63) is 42.5 Å². The second kappa shape index (κ2) is 5.97. The van der Waals surface area contributed by atoms with E-state index >= 15 is 0 Å². The van der Waals surface area contributed by atoms with Crippen LogP contribution in [-0.4, -0.2) is 24.9 Å². The average molecular weight is 298 g/mol. The van der Waals surface area contributed by atoms with Gasteiger partial charge >= 0.3 is 6.01 Å². The maximum atomic E-state index is 5.26. The van der Waals surface area contributed by atoms with E-state index in [1.54, 1.807) is 6.33 Å². The molecule has 114 valence electrons. The van der Waals surface area contributed by atoms with Crippen LogP contribution in [0.5, 0.6) is 0 Å². The molecule has 1 aromatic carbocycles. The van der Waals surface area contributed by atoms with Gasteiger partial charge in [0.25, 0.3) is 0 Å². The van der Waals surface area contributed by atoms with E-state index in [1.165, 1.54) is 0 Å². The molecule has 0 aliphatic carbocycles. The topological polar surface area (TPSA) is 81.7 Å². The van der Waals surface area contributed by atoms with Gasteiger partial charge in [-0.3, -0.25) is 0 Å². The third-order valence-corrected chi connectivity index (χ3v) is 3.34. The monoisotopic (exact) mass is 298 g/mol. The van der Waals surface area contributed by atoms with Crippen molar-refractivity contribution in [2.75, 3.05) is 5.32 Å². The van der Waals surface area contributed by atoms with Gasteiger partial charge < -0.3 is 14.4 Å². The van der Waals surface area contributed by atoms with Crippen LogP contribution in [0.15, 0.2) is 41.2 Å².